The quantitative estimate of drug-likeness (QED) is 0.589. The Morgan fingerprint density at radius 2 is 2.04 bits per heavy atom. The highest BCUT2D eigenvalue weighted by molar-refractivity contribution is 6.08. The summed E-state index contributed by atoms with van der Waals surface area (Å²) < 4.78 is 5.42. The molecule has 1 amide bonds. The van der Waals surface area contributed by atoms with Crippen molar-refractivity contribution in [2.45, 2.75) is 0 Å². The van der Waals surface area contributed by atoms with Gasteiger partial charge in [-0.05, 0) is 36.4 Å². The van der Waals surface area contributed by atoms with Gasteiger partial charge < -0.3 is 10.1 Å². The van der Waals surface area contributed by atoms with Crippen LogP contribution in [0.4, 0.5) is 5.69 Å². The summed E-state index contributed by atoms with van der Waals surface area (Å²) in [4.78, 5) is 17.1. The highest BCUT2D eigenvalue weighted by Gasteiger charge is 2.14. The normalized spacial score (nSPS) is 10.7. The second-order valence-electron chi connectivity index (χ2n) is 5.72. The largest absolute Gasteiger partial charge is 0.496 e. The Morgan fingerprint density at radius 3 is 2.85 bits per heavy atom. The van der Waals surface area contributed by atoms with Crippen LogP contribution >= 0.6 is 0 Å². The van der Waals surface area contributed by atoms with Gasteiger partial charge in [-0.2, -0.15) is 5.10 Å². The molecule has 4 aromatic rings. The number of benzene rings is 2. The van der Waals surface area contributed by atoms with Crippen molar-refractivity contribution in [3.05, 3.63) is 72.6 Å². The minimum Gasteiger partial charge on any atom is -0.496 e. The number of aromatic amines is 1. The molecule has 0 aliphatic rings. The molecule has 6 nitrogen and oxygen atoms in total. The molecule has 0 saturated carbocycles. The van der Waals surface area contributed by atoms with Crippen molar-refractivity contribution in [3.63, 3.8) is 0 Å². The van der Waals surface area contributed by atoms with Gasteiger partial charge in [-0.15, -0.1) is 0 Å². The molecule has 0 spiro atoms. The highest BCUT2D eigenvalue weighted by atomic mass is 16.5. The predicted octanol–water partition coefficient (Wildman–Crippen LogP) is 3.89. The van der Waals surface area contributed by atoms with E-state index in [1.54, 1.807) is 37.7 Å². The van der Waals surface area contributed by atoms with Crippen LogP contribution in [-0.2, 0) is 0 Å². The van der Waals surface area contributed by atoms with Gasteiger partial charge in [0.05, 0.1) is 30.2 Å². The van der Waals surface area contributed by atoms with Gasteiger partial charge in [0.15, 0.2) is 0 Å². The third-order valence-electron chi connectivity index (χ3n) is 4.13. The first-order valence-corrected chi connectivity index (χ1v) is 8.09. The van der Waals surface area contributed by atoms with Crippen LogP contribution in [0, 0.1) is 0 Å². The lowest BCUT2D eigenvalue weighted by Gasteiger charge is -2.11. The smallest absolute Gasteiger partial charge is 0.255 e. The Bertz CT molecular complexity index is 1070. The molecule has 0 saturated heterocycles. The van der Waals surface area contributed by atoms with E-state index in [4.69, 9.17) is 4.74 Å². The molecule has 4 rings (SSSR count). The summed E-state index contributed by atoms with van der Waals surface area (Å²) in [6.07, 6.45) is 3.43. The summed E-state index contributed by atoms with van der Waals surface area (Å²) >= 11 is 0. The van der Waals surface area contributed by atoms with E-state index in [2.05, 4.69) is 20.5 Å². The van der Waals surface area contributed by atoms with Gasteiger partial charge in [-0.25, -0.2) is 0 Å². The van der Waals surface area contributed by atoms with Crippen LogP contribution in [-0.4, -0.2) is 28.2 Å². The first-order valence-electron chi connectivity index (χ1n) is 8.09. The third-order valence-corrected chi connectivity index (χ3v) is 4.13. The van der Waals surface area contributed by atoms with Gasteiger partial charge in [0.1, 0.15) is 5.75 Å². The number of H-pyrrole nitrogens is 1. The molecule has 0 atom stereocenters. The third kappa shape index (κ3) is 2.88. The molecule has 6 heteroatoms. The molecule has 0 unspecified atom stereocenters. The standard InChI is InChI=1S/C20H16N4O2/c1-26-18-9-8-13(11-15(18)16-6-2-3-10-21-16)20(25)23-17-7-4-5-14-12-22-24-19(14)17/h2-12H,1H3,(H,22,24)(H,23,25). The summed E-state index contributed by atoms with van der Waals surface area (Å²) in [5.41, 5.74) is 3.50. The highest BCUT2D eigenvalue weighted by Crippen LogP contribution is 2.30. The van der Waals surface area contributed by atoms with E-state index in [1.165, 1.54) is 0 Å². The molecule has 2 heterocycles. The molecular formula is C20H16N4O2. The number of ether oxygens (including phenoxy) is 1. The molecule has 2 aromatic heterocycles. The Hall–Kier alpha value is -3.67. The molecule has 0 fully saturated rings. The van der Waals surface area contributed by atoms with Gasteiger partial charge in [0.25, 0.3) is 5.91 Å². The number of para-hydroxylation sites is 1. The van der Waals surface area contributed by atoms with E-state index in [0.717, 1.165) is 22.2 Å². The van der Waals surface area contributed by atoms with Crippen LogP contribution in [0.1, 0.15) is 10.4 Å². The minimum absolute atomic E-state index is 0.216. The molecule has 26 heavy (non-hydrogen) atoms. The maximum atomic E-state index is 12.8. The average Bonchev–Trinajstić information content (AvgIpc) is 3.18. The van der Waals surface area contributed by atoms with Gasteiger partial charge in [-0.3, -0.25) is 14.9 Å². The van der Waals surface area contributed by atoms with Gasteiger partial charge in [0.2, 0.25) is 0 Å². The summed E-state index contributed by atoms with van der Waals surface area (Å²) in [5.74, 6) is 0.447. The fourth-order valence-electron chi connectivity index (χ4n) is 2.84. The number of amides is 1. The molecule has 2 aromatic carbocycles. The number of methoxy groups -OCH3 is 1. The van der Waals surface area contributed by atoms with Gasteiger partial charge in [0, 0.05) is 22.7 Å². The number of hydrogen-bond donors (Lipinski definition) is 2. The number of nitrogens with one attached hydrogen (secondary N) is 2. The number of nitrogens with zero attached hydrogens (tertiary/aromatic N) is 2. The van der Waals surface area contributed by atoms with Crippen LogP contribution in [0.5, 0.6) is 5.75 Å². The van der Waals surface area contributed by atoms with Crippen LogP contribution in [0.15, 0.2) is 67.0 Å². The second kappa shape index (κ2) is 6.68. The average molecular weight is 344 g/mol. The van der Waals surface area contributed by atoms with E-state index in [0.29, 0.717) is 17.0 Å². The van der Waals surface area contributed by atoms with Crippen molar-refractivity contribution in [1.82, 2.24) is 15.2 Å². The number of anilines is 1. The Morgan fingerprint density at radius 1 is 1.12 bits per heavy atom. The van der Waals surface area contributed by atoms with E-state index in [-0.39, 0.29) is 5.91 Å². The molecule has 0 bridgehead atoms. The Labute approximate surface area is 149 Å². The molecule has 0 aliphatic carbocycles. The summed E-state index contributed by atoms with van der Waals surface area (Å²) in [6.45, 7) is 0. The lowest BCUT2D eigenvalue weighted by molar-refractivity contribution is 0.102. The predicted molar refractivity (Wildman–Crippen MR) is 100 cm³/mol. The summed E-state index contributed by atoms with van der Waals surface area (Å²) in [5, 5.41) is 10.8. The first kappa shape index (κ1) is 15.8. The van der Waals surface area contributed by atoms with Crippen molar-refractivity contribution in [3.8, 4) is 17.0 Å². The zero-order valence-corrected chi connectivity index (χ0v) is 14.1. The van der Waals surface area contributed by atoms with Gasteiger partial charge >= 0.3 is 0 Å². The van der Waals surface area contributed by atoms with Crippen molar-refractivity contribution < 1.29 is 9.53 Å². The maximum absolute atomic E-state index is 12.8. The van der Waals surface area contributed by atoms with E-state index in [9.17, 15) is 4.79 Å². The topological polar surface area (TPSA) is 79.9 Å². The lowest BCUT2D eigenvalue weighted by Crippen LogP contribution is -2.12. The van der Waals surface area contributed by atoms with Crippen molar-refractivity contribution in [2.24, 2.45) is 0 Å². The van der Waals surface area contributed by atoms with Crippen LogP contribution in [0.3, 0.4) is 0 Å². The van der Waals surface area contributed by atoms with Crippen molar-refractivity contribution >= 4 is 22.5 Å². The van der Waals surface area contributed by atoms with Crippen molar-refractivity contribution in [2.75, 3.05) is 12.4 Å². The molecule has 128 valence electrons. The lowest BCUT2D eigenvalue weighted by atomic mass is 10.1. The number of fused-ring (bicyclic) bond motifs is 1. The van der Waals surface area contributed by atoms with Crippen LogP contribution in [0.2, 0.25) is 0 Å². The molecule has 0 aliphatic heterocycles. The Balaban J connectivity index is 1.69. The number of hydrogen-bond acceptors (Lipinski definition) is 4. The Kier molecular flexibility index (Phi) is 4.07. The van der Waals surface area contributed by atoms with Gasteiger partial charge in [-0.1, -0.05) is 18.2 Å². The zero-order valence-electron chi connectivity index (χ0n) is 14.1. The number of pyridine rings is 1. The molecule has 0 radical (unpaired) electrons. The maximum Gasteiger partial charge on any atom is 0.255 e. The van der Waals surface area contributed by atoms with E-state index in [1.807, 2.05) is 36.4 Å². The zero-order chi connectivity index (χ0) is 17.9. The monoisotopic (exact) mass is 344 g/mol. The van der Waals surface area contributed by atoms with Crippen molar-refractivity contribution in [1.29, 1.82) is 0 Å². The summed E-state index contributed by atoms with van der Waals surface area (Å²) in [7, 11) is 1.60. The first-order chi connectivity index (χ1) is 12.8. The molecule has 2 N–H and O–H groups in total. The second-order valence-corrected chi connectivity index (χ2v) is 5.72. The van der Waals surface area contributed by atoms with Crippen LogP contribution < -0.4 is 10.1 Å². The minimum atomic E-state index is -0.216. The fourth-order valence-corrected chi connectivity index (χ4v) is 2.84. The SMILES string of the molecule is COc1ccc(C(=O)Nc2cccc3cn[nH]c23)cc1-c1ccccn1. The number of aromatic nitrogens is 3. The number of carbonyl (C=O) groups is 1. The number of rotatable bonds is 4. The van der Waals surface area contributed by atoms with E-state index >= 15 is 0 Å². The summed E-state index contributed by atoms with van der Waals surface area (Å²) in [6, 6.07) is 16.5. The number of carbonyl (C=O) groups excluding carboxylic acids is 1. The van der Waals surface area contributed by atoms with E-state index < -0.39 is 0 Å². The fraction of sp³-hybridized carbons (Fsp3) is 0.0500. The molecular weight excluding hydrogens is 328 g/mol. The van der Waals surface area contributed by atoms with Crippen LogP contribution in [0.25, 0.3) is 22.2 Å².